The summed E-state index contributed by atoms with van der Waals surface area (Å²) < 4.78 is 6.24. The van der Waals surface area contributed by atoms with Crippen molar-refractivity contribution >= 4 is 27.7 Å². The Labute approximate surface area is 91.4 Å². The SMILES string of the molecule is CC(C)SCC(N)c1occc1Br. The molecule has 0 saturated heterocycles. The molecule has 1 aromatic rings. The lowest BCUT2D eigenvalue weighted by Crippen LogP contribution is -2.13. The van der Waals surface area contributed by atoms with Crippen molar-refractivity contribution in [3.05, 3.63) is 22.6 Å². The van der Waals surface area contributed by atoms with Crippen LogP contribution in [0.1, 0.15) is 25.6 Å². The summed E-state index contributed by atoms with van der Waals surface area (Å²) in [5, 5.41) is 0.611. The van der Waals surface area contributed by atoms with Gasteiger partial charge in [0.2, 0.25) is 0 Å². The smallest absolute Gasteiger partial charge is 0.135 e. The Morgan fingerprint density at radius 1 is 1.62 bits per heavy atom. The van der Waals surface area contributed by atoms with Crippen LogP contribution in [0.25, 0.3) is 0 Å². The average Bonchev–Trinajstić information content (AvgIpc) is 2.47. The lowest BCUT2D eigenvalue weighted by Gasteiger charge is -2.10. The molecule has 2 nitrogen and oxygen atoms in total. The van der Waals surface area contributed by atoms with Crippen molar-refractivity contribution in [2.75, 3.05) is 5.75 Å². The second kappa shape index (κ2) is 5.08. The van der Waals surface area contributed by atoms with Crippen LogP contribution in [0.5, 0.6) is 0 Å². The Kier molecular flexibility index (Phi) is 4.35. The summed E-state index contributed by atoms with van der Waals surface area (Å²) in [5.41, 5.74) is 5.94. The van der Waals surface area contributed by atoms with E-state index in [9.17, 15) is 0 Å². The normalized spacial score (nSPS) is 13.6. The Balaban J connectivity index is 2.49. The van der Waals surface area contributed by atoms with E-state index < -0.39 is 0 Å². The van der Waals surface area contributed by atoms with Gasteiger partial charge in [-0.2, -0.15) is 11.8 Å². The molecule has 0 aliphatic rings. The lowest BCUT2D eigenvalue weighted by atomic mass is 10.3. The highest BCUT2D eigenvalue weighted by Crippen LogP contribution is 2.26. The first-order valence-corrected chi connectivity index (χ1v) is 6.05. The Bertz CT molecular complexity index is 262. The van der Waals surface area contributed by atoms with Crippen LogP contribution in [0.3, 0.4) is 0 Å². The van der Waals surface area contributed by atoms with Crippen LogP contribution in [0.4, 0.5) is 0 Å². The van der Waals surface area contributed by atoms with Gasteiger partial charge in [0.15, 0.2) is 0 Å². The second-order valence-corrected chi connectivity index (χ2v) is 5.59. The minimum absolute atomic E-state index is 0.0169. The molecule has 0 aromatic carbocycles. The largest absolute Gasteiger partial charge is 0.466 e. The van der Waals surface area contributed by atoms with Gasteiger partial charge in [0, 0.05) is 5.75 Å². The van der Waals surface area contributed by atoms with Crippen molar-refractivity contribution in [3.63, 3.8) is 0 Å². The van der Waals surface area contributed by atoms with E-state index in [2.05, 4.69) is 29.8 Å². The van der Waals surface area contributed by atoms with Crippen molar-refractivity contribution in [1.29, 1.82) is 0 Å². The van der Waals surface area contributed by atoms with E-state index in [0.717, 1.165) is 16.0 Å². The van der Waals surface area contributed by atoms with Crippen LogP contribution in [-0.4, -0.2) is 11.0 Å². The van der Waals surface area contributed by atoms with E-state index in [1.54, 1.807) is 6.26 Å². The van der Waals surface area contributed by atoms with Gasteiger partial charge in [-0.05, 0) is 27.2 Å². The average molecular weight is 264 g/mol. The number of rotatable bonds is 4. The summed E-state index contributed by atoms with van der Waals surface area (Å²) in [7, 11) is 0. The molecule has 74 valence electrons. The molecule has 0 fully saturated rings. The molecular weight excluding hydrogens is 250 g/mol. The highest BCUT2D eigenvalue weighted by molar-refractivity contribution is 9.10. The van der Waals surface area contributed by atoms with Crippen LogP contribution in [0, 0.1) is 0 Å². The summed E-state index contributed by atoms with van der Waals surface area (Å²) in [5.74, 6) is 1.73. The monoisotopic (exact) mass is 263 g/mol. The minimum Gasteiger partial charge on any atom is -0.466 e. The first-order valence-electron chi connectivity index (χ1n) is 4.21. The Hall–Kier alpha value is 0.0700. The quantitative estimate of drug-likeness (QED) is 0.907. The van der Waals surface area contributed by atoms with Crippen LogP contribution < -0.4 is 5.73 Å². The molecule has 2 N–H and O–H groups in total. The predicted octanol–water partition coefficient (Wildman–Crippen LogP) is 3.18. The third-order valence-corrected chi connectivity index (χ3v) is 3.46. The Morgan fingerprint density at radius 3 is 2.77 bits per heavy atom. The first-order chi connectivity index (χ1) is 6.11. The van der Waals surface area contributed by atoms with Gasteiger partial charge in [-0.15, -0.1) is 0 Å². The van der Waals surface area contributed by atoms with Crippen molar-refractivity contribution in [1.82, 2.24) is 0 Å². The predicted molar refractivity (Wildman–Crippen MR) is 60.9 cm³/mol. The molecule has 0 spiro atoms. The number of hydrogen-bond acceptors (Lipinski definition) is 3. The number of thioether (sulfide) groups is 1. The van der Waals surface area contributed by atoms with Gasteiger partial charge in [0.25, 0.3) is 0 Å². The lowest BCUT2D eigenvalue weighted by molar-refractivity contribution is 0.480. The van der Waals surface area contributed by atoms with Gasteiger partial charge in [0.1, 0.15) is 5.76 Å². The maximum Gasteiger partial charge on any atom is 0.135 e. The number of halogens is 1. The minimum atomic E-state index is -0.0169. The van der Waals surface area contributed by atoms with E-state index in [1.165, 1.54) is 0 Å². The molecule has 1 rings (SSSR count). The van der Waals surface area contributed by atoms with Crippen molar-refractivity contribution < 1.29 is 4.42 Å². The number of furan rings is 1. The Morgan fingerprint density at radius 2 is 2.31 bits per heavy atom. The maximum absolute atomic E-state index is 5.94. The summed E-state index contributed by atoms with van der Waals surface area (Å²) in [6.45, 7) is 4.32. The van der Waals surface area contributed by atoms with E-state index in [0.29, 0.717) is 5.25 Å². The van der Waals surface area contributed by atoms with Crippen LogP contribution in [0.15, 0.2) is 21.2 Å². The maximum atomic E-state index is 5.94. The zero-order valence-corrected chi connectivity index (χ0v) is 10.2. The van der Waals surface area contributed by atoms with Crippen molar-refractivity contribution in [2.45, 2.75) is 25.1 Å². The molecule has 1 unspecified atom stereocenters. The highest BCUT2D eigenvalue weighted by Gasteiger charge is 2.13. The van der Waals surface area contributed by atoms with Crippen LogP contribution in [0.2, 0.25) is 0 Å². The summed E-state index contributed by atoms with van der Waals surface area (Å²) >= 11 is 5.23. The van der Waals surface area contributed by atoms with Crippen LogP contribution >= 0.6 is 27.7 Å². The fourth-order valence-corrected chi connectivity index (χ4v) is 2.18. The molecule has 1 atom stereocenters. The molecule has 0 amide bonds. The molecule has 0 bridgehead atoms. The zero-order valence-electron chi connectivity index (χ0n) is 7.79. The third kappa shape index (κ3) is 3.37. The molecule has 0 aliphatic carbocycles. The van der Waals surface area contributed by atoms with Crippen molar-refractivity contribution in [3.8, 4) is 0 Å². The molecule has 1 aromatic heterocycles. The van der Waals surface area contributed by atoms with Gasteiger partial charge in [-0.3, -0.25) is 0 Å². The highest BCUT2D eigenvalue weighted by atomic mass is 79.9. The topological polar surface area (TPSA) is 39.2 Å². The summed E-state index contributed by atoms with van der Waals surface area (Å²) in [4.78, 5) is 0. The summed E-state index contributed by atoms with van der Waals surface area (Å²) in [6, 6.07) is 1.85. The zero-order chi connectivity index (χ0) is 9.84. The summed E-state index contributed by atoms with van der Waals surface area (Å²) in [6.07, 6.45) is 1.65. The van der Waals surface area contributed by atoms with E-state index in [-0.39, 0.29) is 6.04 Å². The molecule has 0 aliphatic heterocycles. The molecule has 0 radical (unpaired) electrons. The van der Waals surface area contributed by atoms with E-state index in [1.807, 2.05) is 17.8 Å². The van der Waals surface area contributed by atoms with Gasteiger partial charge in [-0.25, -0.2) is 0 Å². The van der Waals surface area contributed by atoms with Gasteiger partial charge in [-0.1, -0.05) is 13.8 Å². The van der Waals surface area contributed by atoms with E-state index >= 15 is 0 Å². The van der Waals surface area contributed by atoms with Crippen LogP contribution in [-0.2, 0) is 0 Å². The van der Waals surface area contributed by atoms with Crippen molar-refractivity contribution in [2.24, 2.45) is 5.73 Å². The molecule has 13 heavy (non-hydrogen) atoms. The molecule has 0 saturated carbocycles. The fourth-order valence-electron chi connectivity index (χ4n) is 0.942. The molecule has 1 heterocycles. The van der Waals surface area contributed by atoms with Gasteiger partial charge in [0.05, 0.1) is 16.8 Å². The fraction of sp³-hybridized carbons (Fsp3) is 0.556. The number of nitrogens with two attached hydrogens (primary N) is 1. The van der Waals surface area contributed by atoms with E-state index in [4.69, 9.17) is 10.2 Å². The van der Waals surface area contributed by atoms with Gasteiger partial charge >= 0.3 is 0 Å². The third-order valence-electron chi connectivity index (χ3n) is 1.59. The number of hydrogen-bond donors (Lipinski definition) is 1. The molecular formula is C9H14BrNOS. The second-order valence-electron chi connectivity index (χ2n) is 3.12. The first kappa shape index (κ1) is 11.1. The molecule has 4 heteroatoms. The van der Waals surface area contributed by atoms with Gasteiger partial charge < -0.3 is 10.2 Å². The standard InChI is InChI=1S/C9H14BrNOS/c1-6(2)13-5-8(11)9-7(10)3-4-12-9/h3-4,6,8H,5,11H2,1-2H3.